The van der Waals surface area contributed by atoms with Crippen molar-refractivity contribution >= 4 is 0 Å². The standard InChI is InChI=1S/C20H18N2/c1-14-4-8-17(9-5-14)20(16(3)19(12-21)13-22)18-10-6-15(2)7-11-18/h4-11,20H,1-3H3. The zero-order chi connectivity index (χ0) is 16.1. The van der Waals surface area contributed by atoms with Crippen LogP contribution in [0.15, 0.2) is 59.7 Å². The normalized spacial score (nSPS) is 9.91. The predicted octanol–water partition coefficient (Wildman–Crippen LogP) is 4.80. The number of aryl methyl sites for hydroxylation is 2. The number of hydrogen-bond acceptors (Lipinski definition) is 2. The lowest BCUT2D eigenvalue weighted by molar-refractivity contribution is 0.937. The Labute approximate surface area is 132 Å². The fraction of sp³-hybridized carbons (Fsp3) is 0.200. The van der Waals surface area contributed by atoms with Crippen molar-refractivity contribution in [1.82, 2.24) is 0 Å². The van der Waals surface area contributed by atoms with Crippen molar-refractivity contribution < 1.29 is 0 Å². The lowest BCUT2D eigenvalue weighted by atomic mass is 9.83. The van der Waals surface area contributed by atoms with Crippen LogP contribution in [0.3, 0.4) is 0 Å². The van der Waals surface area contributed by atoms with E-state index >= 15 is 0 Å². The van der Waals surface area contributed by atoms with E-state index in [2.05, 4.69) is 48.5 Å². The van der Waals surface area contributed by atoms with Crippen LogP contribution in [0.25, 0.3) is 0 Å². The van der Waals surface area contributed by atoms with Crippen LogP contribution in [-0.4, -0.2) is 0 Å². The molecule has 108 valence electrons. The third-order valence-electron chi connectivity index (χ3n) is 3.87. The fourth-order valence-corrected chi connectivity index (χ4v) is 2.56. The Morgan fingerprint density at radius 1 is 0.773 bits per heavy atom. The lowest BCUT2D eigenvalue weighted by Gasteiger charge is -2.20. The second-order valence-corrected chi connectivity index (χ2v) is 5.54. The van der Waals surface area contributed by atoms with Crippen molar-refractivity contribution in [3.05, 3.63) is 81.9 Å². The molecule has 0 fully saturated rings. The van der Waals surface area contributed by atoms with Gasteiger partial charge in [0.05, 0.1) is 0 Å². The molecule has 2 nitrogen and oxygen atoms in total. The molecule has 0 aliphatic rings. The molecule has 0 atom stereocenters. The van der Waals surface area contributed by atoms with E-state index in [-0.39, 0.29) is 11.5 Å². The summed E-state index contributed by atoms with van der Waals surface area (Å²) in [6, 6.07) is 20.5. The summed E-state index contributed by atoms with van der Waals surface area (Å²) in [5.74, 6) is -0.0736. The maximum atomic E-state index is 9.20. The number of hydrogen-bond donors (Lipinski definition) is 0. The van der Waals surface area contributed by atoms with Crippen LogP contribution in [-0.2, 0) is 0 Å². The molecule has 0 amide bonds. The van der Waals surface area contributed by atoms with E-state index in [1.165, 1.54) is 11.1 Å². The van der Waals surface area contributed by atoms with Crippen molar-refractivity contribution in [2.75, 3.05) is 0 Å². The smallest absolute Gasteiger partial charge is 0.129 e. The van der Waals surface area contributed by atoms with Crippen LogP contribution in [0.5, 0.6) is 0 Å². The molecular formula is C20H18N2. The molecule has 2 heteroatoms. The summed E-state index contributed by atoms with van der Waals surface area (Å²) in [6.07, 6.45) is 0. The van der Waals surface area contributed by atoms with E-state index in [4.69, 9.17) is 0 Å². The molecule has 2 aromatic carbocycles. The molecule has 0 aliphatic heterocycles. The van der Waals surface area contributed by atoms with Gasteiger partial charge in [0.1, 0.15) is 17.7 Å². The predicted molar refractivity (Wildman–Crippen MR) is 88.1 cm³/mol. The second kappa shape index (κ2) is 6.74. The lowest BCUT2D eigenvalue weighted by Crippen LogP contribution is -2.05. The summed E-state index contributed by atoms with van der Waals surface area (Å²) in [4.78, 5) is 0. The first-order valence-electron chi connectivity index (χ1n) is 7.21. The average Bonchev–Trinajstić information content (AvgIpc) is 2.52. The van der Waals surface area contributed by atoms with Gasteiger partial charge in [-0.2, -0.15) is 10.5 Å². The number of nitrogens with zero attached hydrogens (tertiary/aromatic N) is 2. The first kappa shape index (κ1) is 15.5. The minimum atomic E-state index is -0.0736. The summed E-state index contributed by atoms with van der Waals surface area (Å²) in [6.45, 7) is 5.96. The fourth-order valence-electron chi connectivity index (χ4n) is 2.56. The quantitative estimate of drug-likeness (QED) is 0.761. The molecule has 0 spiro atoms. The molecule has 0 radical (unpaired) electrons. The molecule has 0 saturated heterocycles. The number of nitriles is 2. The molecule has 0 unspecified atom stereocenters. The topological polar surface area (TPSA) is 47.6 Å². The van der Waals surface area contributed by atoms with Crippen molar-refractivity contribution in [2.24, 2.45) is 0 Å². The minimum Gasteiger partial charge on any atom is -0.192 e. The molecule has 2 aromatic rings. The third kappa shape index (κ3) is 3.25. The zero-order valence-electron chi connectivity index (χ0n) is 13.1. The largest absolute Gasteiger partial charge is 0.192 e. The monoisotopic (exact) mass is 286 g/mol. The van der Waals surface area contributed by atoms with Gasteiger partial charge >= 0.3 is 0 Å². The highest BCUT2D eigenvalue weighted by Crippen LogP contribution is 2.33. The molecule has 0 bridgehead atoms. The van der Waals surface area contributed by atoms with Gasteiger partial charge in [0.2, 0.25) is 0 Å². The van der Waals surface area contributed by atoms with Crippen LogP contribution in [0.4, 0.5) is 0 Å². The van der Waals surface area contributed by atoms with E-state index in [1.807, 2.05) is 32.9 Å². The molecule has 0 saturated carbocycles. The highest BCUT2D eigenvalue weighted by atomic mass is 14.3. The second-order valence-electron chi connectivity index (χ2n) is 5.54. The first-order valence-corrected chi connectivity index (χ1v) is 7.21. The Morgan fingerprint density at radius 2 is 1.14 bits per heavy atom. The van der Waals surface area contributed by atoms with E-state index in [0.717, 1.165) is 16.7 Å². The van der Waals surface area contributed by atoms with Gasteiger partial charge in [0, 0.05) is 5.92 Å². The number of benzene rings is 2. The van der Waals surface area contributed by atoms with Crippen LogP contribution in [0.1, 0.15) is 35.1 Å². The maximum absolute atomic E-state index is 9.20. The van der Waals surface area contributed by atoms with Gasteiger partial charge in [0.25, 0.3) is 0 Å². The Hall–Kier alpha value is -2.84. The Kier molecular flexibility index (Phi) is 4.77. The summed E-state index contributed by atoms with van der Waals surface area (Å²) >= 11 is 0. The van der Waals surface area contributed by atoms with Crippen molar-refractivity contribution in [3.63, 3.8) is 0 Å². The van der Waals surface area contributed by atoms with E-state index in [9.17, 15) is 10.5 Å². The van der Waals surface area contributed by atoms with Crippen molar-refractivity contribution in [3.8, 4) is 12.1 Å². The third-order valence-corrected chi connectivity index (χ3v) is 3.87. The Bertz CT molecular complexity index is 705. The Balaban J connectivity index is 2.62. The van der Waals surface area contributed by atoms with Gasteiger partial charge < -0.3 is 0 Å². The van der Waals surface area contributed by atoms with E-state index in [1.54, 1.807) is 0 Å². The molecule has 22 heavy (non-hydrogen) atoms. The molecule has 0 N–H and O–H groups in total. The van der Waals surface area contributed by atoms with Crippen LogP contribution < -0.4 is 0 Å². The summed E-state index contributed by atoms with van der Waals surface area (Å²) < 4.78 is 0. The van der Waals surface area contributed by atoms with Gasteiger partial charge in [-0.05, 0) is 37.5 Å². The SMILES string of the molecule is CC(=C(C#N)C#N)C(c1ccc(C)cc1)c1ccc(C)cc1. The van der Waals surface area contributed by atoms with Crippen LogP contribution >= 0.6 is 0 Å². The minimum absolute atomic E-state index is 0.0736. The summed E-state index contributed by atoms with van der Waals surface area (Å²) in [5.41, 5.74) is 5.54. The molecule has 0 aliphatic carbocycles. The molecule has 0 heterocycles. The first-order chi connectivity index (χ1) is 10.6. The molecule has 0 aromatic heterocycles. The average molecular weight is 286 g/mol. The van der Waals surface area contributed by atoms with Gasteiger partial charge in [-0.15, -0.1) is 0 Å². The van der Waals surface area contributed by atoms with Crippen LogP contribution in [0, 0.1) is 36.5 Å². The maximum Gasteiger partial charge on any atom is 0.129 e. The number of allylic oxidation sites excluding steroid dienone is 2. The Morgan fingerprint density at radius 3 is 1.45 bits per heavy atom. The number of rotatable bonds is 3. The van der Waals surface area contributed by atoms with E-state index < -0.39 is 0 Å². The van der Waals surface area contributed by atoms with Gasteiger partial charge in [-0.3, -0.25) is 0 Å². The van der Waals surface area contributed by atoms with Crippen molar-refractivity contribution in [2.45, 2.75) is 26.7 Å². The van der Waals surface area contributed by atoms with Gasteiger partial charge in [-0.25, -0.2) is 0 Å². The van der Waals surface area contributed by atoms with E-state index in [0.29, 0.717) is 0 Å². The van der Waals surface area contributed by atoms with Crippen LogP contribution in [0.2, 0.25) is 0 Å². The van der Waals surface area contributed by atoms with Crippen molar-refractivity contribution in [1.29, 1.82) is 10.5 Å². The summed E-state index contributed by atoms with van der Waals surface area (Å²) in [7, 11) is 0. The van der Waals surface area contributed by atoms with Gasteiger partial charge in [0.15, 0.2) is 0 Å². The molecular weight excluding hydrogens is 268 g/mol. The van der Waals surface area contributed by atoms with Gasteiger partial charge in [-0.1, -0.05) is 59.7 Å². The highest BCUT2D eigenvalue weighted by molar-refractivity contribution is 5.49. The summed E-state index contributed by atoms with van der Waals surface area (Å²) in [5, 5.41) is 18.4. The zero-order valence-corrected chi connectivity index (χ0v) is 13.1. The highest BCUT2D eigenvalue weighted by Gasteiger charge is 2.19. The molecule has 2 rings (SSSR count).